The highest BCUT2D eigenvalue weighted by Crippen LogP contribution is 2.44. The van der Waals surface area contributed by atoms with Crippen molar-refractivity contribution < 1.29 is 4.74 Å². The first-order valence-corrected chi connectivity index (χ1v) is 10.5. The summed E-state index contributed by atoms with van der Waals surface area (Å²) < 4.78 is 6.36. The lowest BCUT2D eigenvalue weighted by atomic mass is 9.72. The minimum Gasteiger partial charge on any atom is -0.368 e. The zero-order chi connectivity index (χ0) is 18.7. The molecule has 26 heavy (non-hydrogen) atoms. The van der Waals surface area contributed by atoms with Crippen molar-refractivity contribution in [1.82, 2.24) is 0 Å². The third-order valence-corrected chi connectivity index (χ3v) is 5.70. The lowest BCUT2D eigenvalue weighted by Crippen LogP contribution is -2.38. The van der Waals surface area contributed by atoms with Gasteiger partial charge in [0.15, 0.2) is 0 Å². The Labute approximate surface area is 160 Å². The van der Waals surface area contributed by atoms with Crippen LogP contribution in [0.1, 0.15) is 76.3 Å². The molecule has 1 atom stereocenters. The summed E-state index contributed by atoms with van der Waals surface area (Å²) in [7, 11) is 1.88. The number of rotatable bonds is 12. The number of unbranched alkanes of at least 4 members (excludes halogenated alkanes) is 5. The van der Waals surface area contributed by atoms with Crippen molar-refractivity contribution in [3.8, 4) is 0 Å². The molecule has 0 saturated heterocycles. The van der Waals surface area contributed by atoms with E-state index in [1.165, 1.54) is 56.1 Å². The summed E-state index contributed by atoms with van der Waals surface area (Å²) in [5.41, 5.74) is 2.18. The van der Waals surface area contributed by atoms with E-state index in [9.17, 15) is 0 Å². The molecule has 0 heterocycles. The van der Waals surface area contributed by atoms with E-state index in [4.69, 9.17) is 4.74 Å². The van der Waals surface area contributed by atoms with E-state index < -0.39 is 0 Å². The van der Waals surface area contributed by atoms with E-state index in [0.29, 0.717) is 5.92 Å². The van der Waals surface area contributed by atoms with E-state index in [2.05, 4.69) is 74.5 Å². The van der Waals surface area contributed by atoms with Crippen molar-refractivity contribution in [2.75, 3.05) is 7.11 Å². The molecule has 1 unspecified atom stereocenters. The zero-order valence-electron chi connectivity index (χ0n) is 16.9. The van der Waals surface area contributed by atoms with Crippen LogP contribution < -0.4 is 0 Å². The molecular weight excluding hydrogens is 316 g/mol. The number of ether oxygens (including phenoxy) is 1. The molecule has 0 spiro atoms. The normalized spacial score (nSPS) is 12.9. The Morgan fingerprint density at radius 1 is 0.731 bits per heavy atom. The molecule has 0 saturated carbocycles. The van der Waals surface area contributed by atoms with Crippen molar-refractivity contribution in [3.63, 3.8) is 0 Å². The molecule has 1 nitrogen and oxygen atoms in total. The van der Waals surface area contributed by atoms with Gasteiger partial charge in [0.25, 0.3) is 0 Å². The molecule has 2 rings (SSSR count). The summed E-state index contributed by atoms with van der Waals surface area (Å²) in [5.74, 6) is 0.475. The summed E-state index contributed by atoms with van der Waals surface area (Å²) in [6.07, 6.45) is 10.4. The van der Waals surface area contributed by atoms with Crippen LogP contribution in [0, 0.1) is 5.92 Å². The van der Waals surface area contributed by atoms with Gasteiger partial charge in [-0.3, -0.25) is 0 Å². The second-order valence-electron chi connectivity index (χ2n) is 7.33. The average molecular weight is 353 g/mol. The van der Waals surface area contributed by atoms with Gasteiger partial charge in [-0.1, -0.05) is 113 Å². The fourth-order valence-electron chi connectivity index (χ4n) is 4.28. The van der Waals surface area contributed by atoms with E-state index in [1.54, 1.807) is 0 Å². The molecule has 0 fully saturated rings. The highest BCUT2D eigenvalue weighted by atomic mass is 16.5. The van der Waals surface area contributed by atoms with Crippen molar-refractivity contribution in [2.24, 2.45) is 5.92 Å². The van der Waals surface area contributed by atoms with Crippen LogP contribution in [0.3, 0.4) is 0 Å². The Bertz CT molecular complexity index is 551. The molecule has 1 heteroatoms. The molecule has 142 valence electrons. The van der Waals surface area contributed by atoms with E-state index in [0.717, 1.165) is 6.42 Å². The van der Waals surface area contributed by atoms with Gasteiger partial charge in [0.1, 0.15) is 5.60 Å². The zero-order valence-corrected chi connectivity index (χ0v) is 16.9. The van der Waals surface area contributed by atoms with Gasteiger partial charge in [-0.15, -0.1) is 0 Å². The minimum atomic E-state index is -0.360. The van der Waals surface area contributed by atoms with Gasteiger partial charge in [-0.25, -0.2) is 0 Å². The van der Waals surface area contributed by atoms with Crippen LogP contribution in [-0.2, 0) is 10.3 Å². The number of hydrogen-bond acceptors (Lipinski definition) is 1. The summed E-state index contributed by atoms with van der Waals surface area (Å²) in [6.45, 7) is 4.58. The Morgan fingerprint density at radius 3 is 1.69 bits per heavy atom. The highest BCUT2D eigenvalue weighted by Gasteiger charge is 2.40. The maximum Gasteiger partial charge on any atom is 0.120 e. The molecule has 2 aromatic rings. The second-order valence-corrected chi connectivity index (χ2v) is 7.33. The number of hydrogen-bond donors (Lipinski definition) is 0. The SMILES string of the molecule is CCCCCCCCC(CC)C(OC)(c1ccccc1)c1ccccc1. The third kappa shape index (κ3) is 4.98. The van der Waals surface area contributed by atoms with Crippen molar-refractivity contribution in [2.45, 2.75) is 70.8 Å². The topological polar surface area (TPSA) is 9.23 Å². The van der Waals surface area contributed by atoms with E-state index in [-0.39, 0.29) is 5.60 Å². The molecule has 0 aliphatic carbocycles. The molecule has 0 bridgehead atoms. The lowest BCUT2D eigenvalue weighted by molar-refractivity contribution is -0.0349. The fourth-order valence-corrected chi connectivity index (χ4v) is 4.28. The summed E-state index contributed by atoms with van der Waals surface area (Å²) >= 11 is 0. The summed E-state index contributed by atoms with van der Waals surface area (Å²) in [6, 6.07) is 21.6. The molecule has 2 aromatic carbocycles. The van der Waals surface area contributed by atoms with Crippen LogP contribution in [0.4, 0.5) is 0 Å². The quantitative estimate of drug-likeness (QED) is 0.363. The first kappa shape index (κ1) is 20.7. The third-order valence-electron chi connectivity index (χ3n) is 5.70. The van der Waals surface area contributed by atoms with E-state index >= 15 is 0 Å². The van der Waals surface area contributed by atoms with Gasteiger partial charge in [0.05, 0.1) is 0 Å². The van der Waals surface area contributed by atoms with Gasteiger partial charge in [0, 0.05) is 7.11 Å². The first-order valence-electron chi connectivity index (χ1n) is 10.5. The highest BCUT2D eigenvalue weighted by molar-refractivity contribution is 5.37. The summed E-state index contributed by atoms with van der Waals surface area (Å²) in [4.78, 5) is 0. The van der Waals surface area contributed by atoms with Crippen molar-refractivity contribution >= 4 is 0 Å². The number of methoxy groups -OCH3 is 1. The Hall–Kier alpha value is -1.60. The molecular formula is C25H36O. The smallest absolute Gasteiger partial charge is 0.120 e. The predicted molar refractivity (Wildman–Crippen MR) is 112 cm³/mol. The Balaban J connectivity index is 2.24. The maximum absolute atomic E-state index is 6.36. The maximum atomic E-state index is 6.36. The van der Waals surface area contributed by atoms with Crippen LogP contribution in [0.25, 0.3) is 0 Å². The van der Waals surface area contributed by atoms with Crippen LogP contribution in [0.5, 0.6) is 0 Å². The second kappa shape index (κ2) is 11.2. The van der Waals surface area contributed by atoms with Gasteiger partial charge < -0.3 is 4.74 Å². The summed E-state index contributed by atoms with van der Waals surface area (Å²) in [5, 5.41) is 0. The number of benzene rings is 2. The Morgan fingerprint density at radius 2 is 1.23 bits per heavy atom. The van der Waals surface area contributed by atoms with Crippen molar-refractivity contribution in [3.05, 3.63) is 71.8 Å². The van der Waals surface area contributed by atoms with Crippen LogP contribution in [0.2, 0.25) is 0 Å². The minimum absolute atomic E-state index is 0.360. The van der Waals surface area contributed by atoms with Gasteiger partial charge in [0.2, 0.25) is 0 Å². The first-order chi connectivity index (χ1) is 12.8. The van der Waals surface area contributed by atoms with E-state index in [1.807, 2.05) is 7.11 Å². The van der Waals surface area contributed by atoms with Gasteiger partial charge in [-0.2, -0.15) is 0 Å². The predicted octanol–water partition coefficient (Wildman–Crippen LogP) is 7.35. The van der Waals surface area contributed by atoms with Gasteiger partial charge in [-0.05, 0) is 29.9 Å². The molecule has 0 radical (unpaired) electrons. The van der Waals surface area contributed by atoms with Gasteiger partial charge >= 0.3 is 0 Å². The standard InChI is InChI=1S/C25H36O/c1-4-6-7-8-9-12-17-22(5-2)25(26-3,23-18-13-10-14-19-23)24-20-15-11-16-21-24/h10-11,13-16,18-22H,4-9,12,17H2,1-3H3. The molecule has 0 amide bonds. The molecule has 0 aliphatic rings. The van der Waals surface area contributed by atoms with Crippen molar-refractivity contribution in [1.29, 1.82) is 0 Å². The average Bonchev–Trinajstić information content (AvgIpc) is 2.71. The van der Waals surface area contributed by atoms with Crippen LogP contribution in [0.15, 0.2) is 60.7 Å². The molecule has 0 N–H and O–H groups in total. The monoisotopic (exact) mass is 352 g/mol. The largest absolute Gasteiger partial charge is 0.368 e. The fraction of sp³-hybridized carbons (Fsp3) is 0.520. The van der Waals surface area contributed by atoms with Crippen LogP contribution >= 0.6 is 0 Å². The Kier molecular flexibility index (Phi) is 8.91. The molecule has 0 aromatic heterocycles. The molecule has 0 aliphatic heterocycles. The lowest BCUT2D eigenvalue weighted by Gasteiger charge is -2.41. The van der Waals surface area contributed by atoms with Crippen LogP contribution in [-0.4, -0.2) is 7.11 Å².